The molecule has 0 bridgehead atoms. The summed E-state index contributed by atoms with van der Waals surface area (Å²) in [6.07, 6.45) is -1.68. The monoisotopic (exact) mass is 494 g/mol. The van der Waals surface area contributed by atoms with E-state index in [0.717, 1.165) is 50.7 Å². The van der Waals surface area contributed by atoms with E-state index in [4.69, 9.17) is 9.47 Å². The van der Waals surface area contributed by atoms with Crippen molar-refractivity contribution < 1.29 is 22.6 Å². The van der Waals surface area contributed by atoms with Gasteiger partial charge in [0.1, 0.15) is 5.82 Å². The van der Waals surface area contributed by atoms with Gasteiger partial charge in [-0.25, -0.2) is 13.2 Å². The second kappa shape index (κ2) is 14.0. The van der Waals surface area contributed by atoms with Crippen LogP contribution in [0.5, 0.6) is 0 Å². The average molecular weight is 495 g/mol. The van der Waals surface area contributed by atoms with Crippen molar-refractivity contribution in [3.05, 3.63) is 65.5 Å². The van der Waals surface area contributed by atoms with Gasteiger partial charge in [0, 0.05) is 42.4 Å². The number of hydrogen-bond donors (Lipinski definition) is 0. The SMILES string of the molecule is C=N/N=C(\OCC(F)F)c1ccc(CN(SCCCN2CCOCC2)c2ccccc2)c(F)c1. The molecule has 3 rings (SSSR count). The molecule has 10 heteroatoms. The summed E-state index contributed by atoms with van der Waals surface area (Å²) in [5.41, 5.74) is 1.66. The highest BCUT2D eigenvalue weighted by molar-refractivity contribution is 8.00. The lowest BCUT2D eigenvalue weighted by Gasteiger charge is -2.27. The van der Waals surface area contributed by atoms with Gasteiger partial charge in [-0.05, 0) is 49.2 Å². The molecule has 0 unspecified atom stereocenters. The smallest absolute Gasteiger partial charge is 0.272 e. The third kappa shape index (κ3) is 8.34. The summed E-state index contributed by atoms with van der Waals surface area (Å²) in [4.78, 5) is 2.39. The number of benzene rings is 2. The number of para-hydroxylation sites is 1. The van der Waals surface area contributed by atoms with Gasteiger partial charge < -0.3 is 13.8 Å². The number of nitrogens with zero attached hydrogens (tertiary/aromatic N) is 4. The van der Waals surface area contributed by atoms with Gasteiger partial charge >= 0.3 is 0 Å². The fraction of sp³-hybridized carbons (Fsp3) is 0.417. The van der Waals surface area contributed by atoms with Gasteiger partial charge in [-0.3, -0.25) is 4.90 Å². The van der Waals surface area contributed by atoms with E-state index >= 15 is 0 Å². The molecule has 2 aromatic rings. The molecule has 1 aliphatic heterocycles. The van der Waals surface area contributed by atoms with Crippen molar-refractivity contribution in [3.8, 4) is 0 Å². The van der Waals surface area contributed by atoms with Crippen molar-refractivity contribution in [1.29, 1.82) is 0 Å². The number of rotatable bonds is 12. The molecule has 0 spiro atoms. The summed E-state index contributed by atoms with van der Waals surface area (Å²) in [6.45, 7) is 7.16. The van der Waals surface area contributed by atoms with Gasteiger partial charge in [0.2, 0.25) is 5.90 Å². The Morgan fingerprint density at radius 1 is 1.18 bits per heavy atom. The van der Waals surface area contributed by atoms with Crippen LogP contribution < -0.4 is 4.31 Å². The van der Waals surface area contributed by atoms with Gasteiger partial charge in [0.15, 0.2) is 6.61 Å². The van der Waals surface area contributed by atoms with Crippen LogP contribution in [0.15, 0.2) is 58.7 Å². The molecule has 6 nitrogen and oxygen atoms in total. The maximum absolute atomic E-state index is 15.0. The van der Waals surface area contributed by atoms with Crippen LogP contribution in [0, 0.1) is 5.82 Å². The first-order valence-corrected chi connectivity index (χ1v) is 12.0. The molecule has 2 aromatic carbocycles. The largest absolute Gasteiger partial charge is 0.470 e. The number of ether oxygens (including phenoxy) is 2. The van der Waals surface area contributed by atoms with E-state index in [1.54, 1.807) is 24.1 Å². The molecular weight excluding hydrogens is 465 g/mol. The van der Waals surface area contributed by atoms with Crippen molar-refractivity contribution >= 4 is 30.3 Å². The Hall–Kier alpha value is -2.56. The fourth-order valence-electron chi connectivity index (χ4n) is 3.43. The third-order valence-corrected chi connectivity index (χ3v) is 6.26. The fourth-order valence-corrected chi connectivity index (χ4v) is 4.41. The van der Waals surface area contributed by atoms with E-state index in [-0.39, 0.29) is 11.5 Å². The summed E-state index contributed by atoms with van der Waals surface area (Å²) in [5, 5.41) is 6.95. The number of halogens is 3. The Labute approximate surface area is 202 Å². The first kappa shape index (κ1) is 26.1. The zero-order valence-corrected chi connectivity index (χ0v) is 19.7. The molecule has 184 valence electrons. The second-order valence-corrected chi connectivity index (χ2v) is 8.68. The molecule has 1 heterocycles. The van der Waals surface area contributed by atoms with Crippen molar-refractivity contribution in [2.45, 2.75) is 19.4 Å². The Bertz CT molecular complexity index is 928. The predicted octanol–water partition coefficient (Wildman–Crippen LogP) is 4.85. The number of morpholine rings is 1. The van der Waals surface area contributed by atoms with Crippen molar-refractivity contribution in [2.75, 3.05) is 49.5 Å². The van der Waals surface area contributed by atoms with Gasteiger partial charge in [-0.2, -0.15) is 5.10 Å². The molecule has 1 aliphatic rings. The first-order valence-electron chi connectivity index (χ1n) is 11.1. The minimum Gasteiger partial charge on any atom is -0.470 e. The molecule has 0 radical (unpaired) electrons. The highest BCUT2D eigenvalue weighted by Gasteiger charge is 2.16. The van der Waals surface area contributed by atoms with Crippen molar-refractivity contribution in [1.82, 2.24) is 4.90 Å². The van der Waals surface area contributed by atoms with E-state index in [9.17, 15) is 13.2 Å². The molecule has 34 heavy (non-hydrogen) atoms. The van der Waals surface area contributed by atoms with Gasteiger partial charge in [-0.1, -0.05) is 24.3 Å². The van der Waals surface area contributed by atoms with Crippen LogP contribution in [0.4, 0.5) is 18.9 Å². The van der Waals surface area contributed by atoms with Crippen LogP contribution in [0.3, 0.4) is 0 Å². The summed E-state index contributed by atoms with van der Waals surface area (Å²) in [5.74, 6) is 0.206. The number of alkyl halides is 2. The van der Waals surface area contributed by atoms with Crippen LogP contribution in [0.1, 0.15) is 17.5 Å². The molecule has 1 fully saturated rings. The van der Waals surface area contributed by atoms with Crippen LogP contribution >= 0.6 is 11.9 Å². The minimum absolute atomic E-state index is 0.196. The van der Waals surface area contributed by atoms with Crippen LogP contribution in [-0.2, 0) is 16.0 Å². The van der Waals surface area contributed by atoms with Gasteiger partial charge in [0.25, 0.3) is 6.43 Å². The number of hydrogen-bond acceptors (Lipinski definition) is 7. The van der Waals surface area contributed by atoms with E-state index in [1.807, 2.05) is 30.3 Å². The Morgan fingerprint density at radius 2 is 1.94 bits per heavy atom. The molecule has 0 saturated carbocycles. The predicted molar refractivity (Wildman–Crippen MR) is 131 cm³/mol. The molecular formula is C24H29F3N4O2S. The number of anilines is 1. The first-order chi connectivity index (χ1) is 16.6. The van der Waals surface area contributed by atoms with E-state index < -0.39 is 18.8 Å². The van der Waals surface area contributed by atoms with Crippen LogP contribution in [0.2, 0.25) is 0 Å². The van der Waals surface area contributed by atoms with Crippen LogP contribution in [-0.4, -0.2) is 69.1 Å². The van der Waals surface area contributed by atoms with Crippen molar-refractivity contribution in [3.63, 3.8) is 0 Å². The lowest BCUT2D eigenvalue weighted by atomic mass is 10.1. The van der Waals surface area contributed by atoms with Crippen molar-refractivity contribution in [2.24, 2.45) is 10.2 Å². The Kier molecular flexibility index (Phi) is 10.7. The standard InChI is InChI=1S/C24H29F3N4O2S/c1-28-29-24(33-18-23(26)27)19-8-9-20(22(25)16-19)17-31(21-6-3-2-4-7-21)34-15-5-10-30-11-13-32-14-12-30/h2-4,6-9,16,23H,1,5,10-15,17-18H2/b29-24-. The summed E-state index contributed by atoms with van der Waals surface area (Å²) < 4.78 is 52.4. The highest BCUT2D eigenvalue weighted by atomic mass is 32.2. The summed E-state index contributed by atoms with van der Waals surface area (Å²) in [6, 6.07) is 14.2. The van der Waals surface area contributed by atoms with E-state index in [0.29, 0.717) is 12.1 Å². The highest BCUT2D eigenvalue weighted by Crippen LogP contribution is 2.27. The van der Waals surface area contributed by atoms with Gasteiger partial charge in [0.05, 0.1) is 19.8 Å². The average Bonchev–Trinajstić information content (AvgIpc) is 2.85. The molecule has 0 N–H and O–H groups in total. The quantitative estimate of drug-likeness (QED) is 0.139. The van der Waals surface area contributed by atoms with Crippen LogP contribution in [0.25, 0.3) is 0 Å². The zero-order valence-electron chi connectivity index (χ0n) is 18.9. The molecule has 0 atom stereocenters. The van der Waals surface area contributed by atoms with E-state index in [1.165, 1.54) is 6.07 Å². The van der Waals surface area contributed by atoms with E-state index in [2.05, 4.69) is 26.1 Å². The lowest BCUT2D eigenvalue weighted by Crippen LogP contribution is -2.37. The summed E-state index contributed by atoms with van der Waals surface area (Å²) >= 11 is 1.65. The molecule has 0 amide bonds. The summed E-state index contributed by atoms with van der Waals surface area (Å²) in [7, 11) is 0. The molecule has 0 aromatic heterocycles. The second-order valence-electron chi connectivity index (χ2n) is 7.57. The maximum Gasteiger partial charge on any atom is 0.272 e. The Morgan fingerprint density at radius 3 is 2.62 bits per heavy atom. The minimum atomic E-state index is -2.68. The third-order valence-electron chi connectivity index (χ3n) is 5.14. The normalized spacial score (nSPS) is 14.9. The zero-order chi connectivity index (χ0) is 24.2. The van der Waals surface area contributed by atoms with Gasteiger partial charge in [-0.15, -0.1) is 5.10 Å². The Balaban J connectivity index is 1.66. The molecule has 0 aliphatic carbocycles. The lowest BCUT2D eigenvalue weighted by molar-refractivity contribution is 0.0381. The topological polar surface area (TPSA) is 49.7 Å². The molecule has 1 saturated heterocycles. The maximum atomic E-state index is 15.0.